The number of aryl methyl sites for hydroxylation is 1. The second-order valence-electron chi connectivity index (χ2n) is 3.60. The first-order chi connectivity index (χ1) is 8.99. The van der Waals surface area contributed by atoms with Crippen LogP contribution in [0.15, 0.2) is 27.1 Å². The number of hydrogen-bond acceptors (Lipinski definition) is 4. The van der Waals surface area contributed by atoms with Crippen molar-refractivity contribution in [1.82, 2.24) is 9.97 Å². The summed E-state index contributed by atoms with van der Waals surface area (Å²) in [5, 5.41) is 0.339. The van der Waals surface area contributed by atoms with E-state index in [4.69, 9.17) is 21.1 Å². The molecule has 4 nitrogen and oxygen atoms in total. The maximum absolute atomic E-state index is 5.86. The summed E-state index contributed by atoms with van der Waals surface area (Å²) in [7, 11) is 1.60. The van der Waals surface area contributed by atoms with Gasteiger partial charge in [-0.05, 0) is 50.9 Å². The summed E-state index contributed by atoms with van der Waals surface area (Å²) >= 11 is 12.7. The second-order valence-corrected chi connectivity index (χ2v) is 5.69. The van der Waals surface area contributed by atoms with Gasteiger partial charge in [0.2, 0.25) is 5.88 Å². The van der Waals surface area contributed by atoms with Crippen molar-refractivity contribution in [2.75, 3.05) is 7.11 Å². The Hall–Kier alpha value is -0.850. The Balaban J connectivity index is 2.35. The number of aromatic nitrogens is 2. The third-order valence-corrected chi connectivity index (χ3v) is 3.64. The van der Waals surface area contributed by atoms with Crippen LogP contribution in [-0.2, 0) is 0 Å². The van der Waals surface area contributed by atoms with Crippen LogP contribution in [-0.4, -0.2) is 17.1 Å². The van der Waals surface area contributed by atoms with Gasteiger partial charge >= 0.3 is 0 Å². The fourth-order valence-electron chi connectivity index (χ4n) is 1.42. The third kappa shape index (κ3) is 3.58. The monoisotopic (exact) mass is 406 g/mol. The minimum atomic E-state index is 0.339. The molecule has 0 fully saturated rings. The Kier molecular flexibility index (Phi) is 4.65. The van der Waals surface area contributed by atoms with Crippen molar-refractivity contribution < 1.29 is 9.47 Å². The summed E-state index contributed by atoms with van der Waals surface area (Å²) in [6, 6.07) is 5.14. The first-order valence-electron chi connectivity index (χ1n) is 5.21. The molecule has 0 N–H and O–H groups in total. The van der Waals surface area contributed by atoms with Gasteiger partial charge in [-0.3, -0.25) is 0 Å². The summed E-state index contributed by atoms with van der Waals surface area (Å²) < 4.78 is 12.4. The predicted octanol–water partition coefficient (Wildman–Crippen LogP) is 4.76. The molecule has 0 unspecified atom stereocenters. The van der Waals surface area contributed by atoms with Gasteiger partial charge in [0.25, 0.3) is 0 Å². The lowest BCUT2D eigenvalue weighted by Gasteiger charge is -2.10. The van der Waals surface area contributed by atoms with Crippen molar-refractivity contribution in [2.24, 2.45) is 0 Å². The van der Waals surface area contributed by atoms with Crippen LogP contribution >= 0.6 is 43.5 Å². The van der Waals surface area contributed by atoms with Gasteiger partial charge in [0, 0.05) is 6.07 Å². The minimum Gasteiger partial charge on any atom is -0.496 e. The number of methoxy groups -OCH3 is 1. The maximum atomic E-state index is 5.86. The normalized spacial score (nSPS) is 10.4. The Labute approximate surface area is 132 Å². The highest BCUT2D eigenvalue weighted by atomic mass is 79.9. The van der Waals surface area contributed by atoms with E-state index in [-0.39, 0.29) is 0 Å². The molecule has 19 heavy (non-hydrogen) atoms. The molecule has 0 amide bonds. The van der Waals surface area contributed by atoms with Crippen LogP contribution in [0.2, 0.25) is 5.15 Å². The van der Waals surface area contributed by atoms with E-state index in [9.17, 15) is 0 Å². The van der Waals surface area contributed by atoms with E-state index in [1.807, 2.05) is 0 Å². The van der Waals surface area contributed by atoms with Gasteiger partial charge in [0.1, 0.15) is 22.5 Å². The molecule has 1 aromatic heterocycles. The lowest BCUT2D eigenvalue weighted by atomic mass is 10.3. The van der Waals surface area contributed by atoms with E-state index in [0.29, 0.717) is 28.4 Å². The highest BCUT2D eigenvalue weighted by molar-refractivity contribution is 9.11. The molecule has 0 aliphatic heterocycles. The molecule has 0 spiro atoms. The summed E-state index contributed by atoms with van der Waals surface area (Å²) in [6.07, 6.45) is 0. The van der Waals surface area contributed by atoms with Crippen molar-refractivity contribution in [1.29, 1.82) is 0 Å². The third-order valence-electron chi connectivity index (χ3n) is 2.20. The van der Waals surface area contributed by atoms with Crippen molar-refractivity contribution in [3.8, 4) is 17.4 Å². The van der Waals surface area contributed by atoms with Gasteiger partial charge in [-0.2, -0.15) is 4.98 Å². The predicted molar refractivity (Wildman–Crippen MR) is 80.2 cm³/mol. The highest BCUT2D eigenvalue weighted by Crippen LogP contribution is 2.37. The molecule has 0 saturated heterocycles. The molecule has 0 atom stereocenters. The van der Waals surface area contributed by atoms with E-state index in [1.54, 1.807) is 32.2 Å². The van der Waals surface area contributed by atoms with E-state index in [1.165, 1.54) is 0 Å². The molecule has 1 aromatic carbocycles. The standard InChI is InChI=1S/C12H9Br2ClN2O2/c1-6-16-11(15)5-12(17-6)19-10-4-7(13)9(18-2)3-8(10)14/h3-5H,1-2H3. The first-order valence-corrected chi connectivity index (χ1v) is 7.18. The molecule has 0 bridgehead atoms. The number of halogens is 3. The summed E-state index contributed by atoms with van der Waals surface area (Å²) in [4.78, 5) is 8.13. The molecule has 2 rings (SSSR count). The lowest BCUT2D eigenvalue weighted by Crippen LogP contribution is -1.94. The number of rotatable bonds is 3. The van der Waals surface area contributed by atoms with Crippen LogP contribution < -0.4 is 9.47 Å². The number of ether oxygens (including phenoxy) is 2. The highest BCUT2D eigenvalue weighted by Gasteiger charge is 2.10. The first kappa shape index (κ1) is 14.6. The van der Waals surface area contributed by atoms with Crippen LogP contribution in [0, 0.1) is 6.92 Å². The molecular formula is C12H9Br2ClN2O2. The van der Waals surface area contributed by atoms with Gasteiger partial charge in [-0.25, -0.2) is 4.98 Å². The summed E-state index contributed by atoms with van der Waals surface area (Å²) in [5.41, 5.74) is 0. The van der Waals surface area contributed by atoms with Gasteiger partial charge in [0.05, 0.1) is 16.1 Å². The van der Waals surface area contributed by atoms with E-state index in [0.717, 1.165) is 8.95 Å². The average molecular weight is 408 g/mol. The smallest absolute Gasteiger partial charge is 0.224 e. The summed E-state index contributed by atoms with van der Waals surface area (Å²) in [6.45, 7) is 1.75. The van der Waals surface area contributed by atoms with Crippen molar-refractivity contribution in [3.63, 3.8) is 0 Å². The van der Waals surface area contributed by atoms with Gasteiger partial charge in [-0.1, -0.05) is 11.6 Å². The average Bonchev–Trinajstić information content (AvgIpc) is 2.32. The largest absolute Gasteiger partial charge is 0.496 e. The Morgan fingerprint density at radius 2 is 1.68 bits per heavy atom. The van der Waals surface area contributed by atoms with Gasteiger partial charge in [-0.15, -0.1) is 0 Å². The van der Waals surface area contributed by atoms with E-state index in [2.05, 4.69) is 41.8 Å². The number of hydrogen-bond donors (Lipinski definition) is 0. The molecule has 7 heteroatoms. The zero-order valence-corrected chi connectivity index (χ0v) is 14.0. The second kappa shape index (κ2) is 6.07. The van der Waals surface area contributed by atoms with Crippen LogP contribution in [0.25, 0.3) is 0 Å². The Morgan fingerprint density at radius 1 is 1.05 bits per heavy atom. The number of nitrogens with zero attached hydrogens (tertiary/aromatic N) is 2. The fraction of sp³-hybridized carbons (Fsp3) is 0.167. The molecule has 0 saturated carbocycles. The van der Waals surface area contributed by atoms with Crippen molar-refractivity contribution in [3.05, 3.63) is 38.1 Å². The van der Waals surface area contributed by atoms with Gasteiger partial charge < -0.3 is 9.47 Å². The quantitative estimate of drug-likeness (QED) is 0.687. The SMILES string of the molecule is COc1cc(Br)c(Oc2cc(Cl)nc(C)n2)cc1Br. The van der Waals surface area contributed by atoms with Crippen LogP contribution in [0.5, 0.6) is 17.4 Å². The van der Waals surface area contributed by atoms with Crippen LogP contribution in [0.1, 0.15) is 5.82 Å². The molecule has 100 valence electrons. The molecular weight excluding hydrogens is 399 g/mol. The van der Waals surface area contributed by atoms with Crippen molar-refractivity contribution in [2.45, 2.75) is 6.92 Å². The number of benzene rings is 1. The van der Waals surface area contributed by atoms with Crippen LogP contribution in [0.4, 0.5) is 0 Å². The maximum Gasteiger partial charge on any atom is 0.224 e. The van der Waals surface area contributed by atoms with E-state index < -0.39 is 0 Å². The molecule has 1 heterocycles. The summed E-state index contributed by atoms with van der Waals surface area (Å²) in [5.74, 6) is 2.24. The van der Waals surface area contributed by atoms with Gasteiger partial charge in [0.15, 0.2) is 0 Å². The molecule has 0 aliphatic carbocycles. The van der Waals surface area contributed by atoms with Crippen LogP contribution in [0.3, 0.4) is 0 Å². The van der Waals surface area contributed by atoms with Crippen molar-refractivity contribution >= 4 is 43.5 Å². The lowest BCUT2D eigenvalue weighted by molar-refractivity contribution is 0.408. The molecule has 0 aliphatic rings. The Morgan fingerprint density at radius 3 is 2.32 bits per heavy atom. The molecule has 2 aromatic rings. The minimum absolute atomic E-state index is 0.339. The zero-order valence-electron chi connectivity index (χ0n) is 10.1. The topological polar surface area (TPSA) is 44.2 Å². The molecule has 0 radical (unpaired) electrons. The zero-order chi connectivity index (χ0) is 14.0. The Bertz CT molecular complexity index is 603. The fourth-order valence-corrected chi connectivity index (χ4v) is 2.52. The van der Waals surface area contributed by atoms with E-state index >= 15 is 0 Å².